The molecule has 0 bridgehead atoms. The van der Waals surface area contributed by atoms with Gasteiger partial charge in [0.15, 0.2) is 0 Å². The van der Waals surface area contributed by atoms with Crippen LogP contribution in [0.1, 0.15) is 18.0 Å². The van der Waals surface area contributed by atoms with Crippen molar-refractivity contribution >= 4 is 12.6 Å². The lowest BCUT2D eigenvalue weighted by Gasteiger charge is -2.10. The van der Waals surface area contributed by atoms with Crippen LogP contribution in [-0.2, 0) is 0 Å². The molecule has 0 aliphatic carbocycles. The van der Waals surface area contributed by atoms with Gasteiger partial charge in [-0.05, 0) is 18.2 Å². The maximum Gasteiger partial charge on any atom is 0.120 e. The van der Waals surface area contributed by atoms with Crippen LogP contribution >= 0.6 is 12.6 Å². The molecule has 0 saturated heterocycles. The number of aromatic hydroxyl groups is 1. The molecule has 0 fully saturated rings. The van der Waals surface area contributed by atoms with Crippen LogP contribution in [-0.4, -0.2) is 5.11 Å². The molecule has 68 valence electrons. The van der Waals surface area contributed by atoms with Gasteiger partial charge >= 0.3 is 0 Å². The minimum absolute atomic E-state index is 0.112. The third-order valence-electron chi connectivity index (χ3n) is 1.72. The molecule has 0 amide bonds. The van der Waals surface area contributed by atoms with Gasteiger partial charge in [-0.2, -0.15) is 5.26 Å². The van der Waals surface area contributed by atoms with Crippen molar-refractivity contribution in [3.8, 4) is 11.8 Å². The number of hydrogen-bond donors (Lipinski definition) is 3. The zero-order valence-electron chi connectivity index (χ0n) is 6.94. The Hall–Kier alpha value is -1.18. The number of rotatable bonds is 2. The first kappa shape index (κ1) is 9.90. The lowest BCUT2D eigenvalue weighted by atomic mass is 10.0. The summed E-state index contributed by atoms with van der Waals surface area (Å²) in [6, 6.07) is 6.36. The van der Waals surface area contributed by atoms with E-state index in [0.29, 0.717) is 5.56 Å². The summed E-state index contributed by atoms with van der Waals surface area (Å²) in [5.41, 5.74) is 6.22. The highest BCUT2D eigenvalue weighted by molar-refractivity contribution is 7.80. The van der Waals surface area contributed by atoms with Crippen molar-refractivity contribution < 1.29 is 5.11 Å². The van der Waals surface area contributed by atoms with Crippen LogP contribution in [0.3, 0.4) is 0 Å². The van der Waals surface area contributed by atoms with E-state index >= 15 is 0 Å². The van der Waals surface area contributed by atoms with E-state index < -0.39 is 6.04 Å². The molecular formula is C9H10N2OS. The summed E-state index contributed by atoms with van der Waals surface area (Å²) in [6.45, 7) is 0. The third-order valence-corrected chi connectivity index (χ3v) is 2.00. The Morgan fingerprint density at radius 1 is 1.62 bits per heavy atom. The number of hydrogen-bond acceptors (Lipinski definition) is 4. The fourth-order valence-electron chi connectivity index (χ4n) is 1.05. The second kappa shape index (κ2) is 4.17. The molecule has 1 rings (SSSR count). The van der Waals surface area contributed by atoms with Gasteiger partial charge in [0.05, 0.1) is 12.5 Å². The molecule has 0 spiro atoms. The smallest absolute Gasteiger partial charge is 0.120 e. The van der Waals surface area contributed by atoms with Crippen LogP contribution in [0.25, 0.3) is 0 Å². The molecule has 0 unspecified atom stereocenters. The Bertz CT molecular complexity index is 346. The number of thiol groups is 1. The monoisotopic (exact) mass is 194 g/mol. The Morgan fingerprint density at radius 2 is 2.31 bits per heavy atom. The van der Waals surface area contributed by atoms with E-state index in [9.17, 15) is 5.11 Å². The third kappa shape index (κ3) is 2.38. The van der Waals surface area contributed by atoms with Crippen molar-refractivity contribution in [3.63, 3.8) is 0 Å². The predicted octanol–water partition coefficient (Wildman–Crippen LogP) is 1.59. The first-order chi connectivity index (χ1) is 6.15. The van der Waals surface area contributed by atoms with Gasteiger partial charge in [0.1, 0.15) is 5.75 Å². The number of nitrogens with zero attached hydrogens (tertiary/aromatic N) is 1. The minimum atomic E-state index is -0.447. The van der Waals surface area contributed by atoms with Crippen molar-refractivity contribution in [2.45, 2.75) is 17.4 Å². The Labute approximate surface area is 82.2 Å². The van der Waals surface area contributed by atoms with E-state index in [-0.39, 0.29) is 12.2 Å². The number of nitriles is 1. The molecule has 0 saturated carbocycles. The minimum Gasteiger partial charge on any atom is -0.508 e. The number of phenols is 1. The number of nitrogens with two attached hydrogens (primary N) is 1. The highest BCUT2D eigenvalue weighted by Crippen LogP contribution is 2.26. The topological polar surface area (TPSA) is 70.0 Å². The molecule has 13 heavy (non-hydrogen) atoms. The second-order valence-corrected chi connectivity index (χ2v) is 3.23. The van der Waals surface area contributed by atoms with Crippen LogP contribution in [0.4, 0.5) is 0 Å². The summed E-state index contributed by atoms with van der Waals surface area (Å²) in [5.74, 6) is 0.112. The fraction of sp³-hybridized carbons (Fsp3) is 0.222. The van der Waals surface area contributed by atoms with Gasteiger partial charge in [0.25, 0.3) is 0 Å². The summed E-state index contributed by atoms with van der Waals surface area (Å²) in [6.07, 6.45) is 0.185. The lowest BCUT2D eigenvalue weighted by molar-refractivity contribution is 0.461. The van der Waals surface area contributed by atoms with E-state index in [1.807, 2.05) is 6.07 Å². The van der Waals surface area contributed by atoms with E-state index in [1.165, 1.54) is 6.07 Å². The van der Waals surface area contributed by atoms with Crippen molar-refractivity contribution in [1.29, 1.82) is 5.26 Å². The molecule has 1 atom stereocenters. The molecule has 1 aromatic carbocycles. The van der Waals surface area contributed by atoms with E-state index in [4.69, 9.17) is 11.0 Å². The molecule has 3 nitrogen and oxygen atoms in total. The molecule has 0 aromatic heterocycles. The van der Waals surface area contributed by atoms with Crippen LogP contribution in [0.2, 0.25) is 0 Å². The fourth-order valence-corrected chi connectivity index (χ4v) is 1.26. The van der Waals surface area contributed by atoms with Crippen molar-refractivity contribution in [1.82, 2.24) is 0 Å². The largest absolute Gasteiger partial charge is 0.508 e. The molecule has 3 N–H and O–H groups in total. The van der Waals surface area contributed by atoms with Gasteiger partial charge < -0.3 is 10.8 Å². The first-order valence-corrected chi connectivity index (χ1v) is 4.24. The van der Waals surface area contributed by atoms with Gasteiger partial charge in [0, 0.05) is 16.5 Å². The Morgan fingerprint density at radius 3 is 2.92 bits per heavy atom. The first-order valence-electron chi connectivity index (χ1n) is 3.79. The van der Waals surface area contributed by atoms with Crippen molar-refractivity contribution in [3.05, 3.63) is 23.8 Å². The lowest BCUT2D eigenvalue weighted by Crippen LogP contribution is -2.09. The van der Waals surface area contributed by atoms with Gasteiger partial charge in [-0.1, -0.05) is 0 Å². The van der Waals surface area contributed by atoms with Crippen LogP contribution in [0.5, 0.6) is 5.75 Å². The van der Waals surface area contributed by atoms with Gasteiger partial charge in [-0.15, -0.1) is 12.6 Å². The SMILES string of the molecule is N#CC[C@@H](N)c1cc(S)ccc1O. The quantitative estimate of drug-likeness (QED) is 0.626. The summed E-state index contributed by atoms with van der Waals surface area (Å²) in [4.78, 5) is 0.723. The summed E-state index contributed by atoms with van der Waals surface area (Å²) >= 11 is 4.11. The zero-order valence-corrected chi connectivity index (χ0v) is 7.83. The van der Waals surface area contributed by atoms with Crippen molar-refractivity contribution in [2.75, 3.05) is 0 Å². The number of phenolic OH excluding ortho intramolecular Hbond substituents is 1. The van der Waals surface area contributed by atoms with Gasteiger partial charge in [0.2, 0.25) is 0 Å². The molecule has 0 aliphatic heterocycles. The van der Waals surface area contributed by atoms with Gasteiger partial charge in [-0.3, -0.25) is 0 Å². The molecular weight excluding hydrogens is 184 g/mol. The highest BCUT2D eigenvalue weighted by Gasteiger charge is 2.10. The standard InChI is InChI=1S/C9H10N2OS/c10-4-3-8(11)7-5-6(13)1-2-9(7)12/h1-2,5,8,12-13H,3,11H2/t8-/m1/s1. The summed E-state index contributed by atoms with van der Waals surface area (Å²) in [5, 5.41) is 17.8. The molecule has 0 radical (unpaired) electrons. The number of benzene rings is 1. The van der Waals surface area contributed by atoms with Gasteiger partial charge in [-0.25, -0.2) is 0 Å². The zero-order chi connectivity index (χ0) is 9.84. The molecule has 0 heterocycles. The van der Waals surface area contributed by atoms with Crippen LogP contribution in [0, 0.1) is 11.3 Å². The summed E-state index contributed by atoms with van der Waals surface area (Å²) < 4.78 is 0. The van der Waals surface area contributed by atoms with Crippen molar-refractivity contribution in [2.24, 2.45) is 5.73 Å². The average molecular weight is 194 g/mol. The molecule has 0 aliphatic rings. The van der Waals surface area contributed by atoms with E-state index in [0.717, 1.165) is 4.90 Å². The van der Waals surface area contributed by atoms with Crippen LogP contribution in [0.15, 0.2) is 23.1 Å². The van der Waals surface area contributed by atoms with Crippen LogP contribution < -0.4 is 5.73 Å². The normalized spacial score (nSPS) is 12.1. The van der Waals surface area contributed by atoms with E-state index in [2.05, 4.69) is 12.6 Å². The molecule has 4 heteroatoms. The predicted molar refractivity (Wildman–Crippen MR) is 52.5 cm³/mol. The average Bonchev–Trinajstić information content (AvgIpc) is 2.09. The Balaban J connectivity index is 3.00. The maximum atomic E-state index is 9.41. The van der Waals surface area contributed by atoms with E-state index in [1.54, 1.807) is 12.1 Å². The maximum absolute atomic E-state index is 9.41. The highest BCUT2D eigenvalue weighted by atomic mass is 32.1. The Kier molecular flexibility index (Phi) is 3.18. The molecule has 1 aromatic rings. The summed E-state index contributed by atoms with van der Waals surface area (Å²) in [7, 11) is 0. The second-order valence-electron chi connectivity index (χ2n) is 2.71.